The number of carbonyl (C=O) groups excluding carboxylic acids is 1. The van der Waals surface area contributed by atoms with Crippen LogP contribution >= 0.6 is 11.6 Å². The topological polar surface area (TPSA) is 66.5 Å². The number of nitrogens with one attached hydrogen (secondary N) is 1. The summed E-state index contributed by atoms with van der Waals surface area (Å²) in [5.41, 5.74) is 1.35. The molecule has 2 aromatic rings. The predicted octanol–water partition coefficient (Wildman–Crippen LogP) is 3.80. The Morgan fingerprint density at radius 1 is 1.04 bits per heavy atom. The Morgan fingerprint density at radius 2 is 1.64 bits per heavy atom. The number of sulfonamides is 1. The molecule has 150 valence electrons. The van der Waals surface area contributed by atoms with Crippen molar-refractivity contribution in [2.45, 2.75) is 42.5 Å². The highest BCUT2D eigenvalue weighted by atomic mass is 35.5. The summed E-state index contributed by atoms with van der Waals surface area (Å²) in [6, 6.07) is 16.5. The van der Waals surface area contributed by atoms with Gasteiger partial charge in [-0.2, -0.15) is 4.31 Å². The average molecular weight is 421 g/mol. The number of likely N-dealkylation sites (N-methyl/N-ethyl adjacent to an activating group) is 1. The van der Waals surface area contributed by atoms with Gasteiger partial charge in [-0.1, -0.05) is 41.9 Å². The number of amides is 1. The third kappa shape index (κ3) is 5.13. The van der Waals surface area contributed by atoms with Crippen molar-refractivity contribution in [1.29, 1.82) is 0 Å². The molecule has 0 aliphatic heterocycles. The number of benzene rings is 2. The molecule has 0 atom stereocenters. The van der Waals surface area contributed by atoms with E-state index in [9.17, 15) is 13.2 Å². The van der Waals surface area contributed by atoms with Crippen molar-refractivity contribution in [1.82, 2.24) is 9.62 Å². The van der Waals surface area contributed by atoms with Gasteiger partial charge >= 0.3 is 0 Å². The van der Waals surface area contributed by atoms with Crippen molar-refractivity contribution in [2.24, 2.45) is 0 Å². The molecule has 1 saturated carbocycles. The maximum atomic E-state index is 12.6. The molecule has 3 rings (SSSR count). The molecule has 0 aromatic heterocycles. The fourth-order valence-electron chi connectivity index (χ4n) is 3.64. The first-order valence-corrected chi connectivity index (χ1v) is 11.2. The molecule has 7 heteroatoms. The van der Waals surface area contributed by atoms with Crippen LogP contribution in [0.5, 0.6) is 0 Å². The first-order valence-electron chi connectivity index (χ1n) is 9.42. The lowest BCUT2D eigenvalue weighted by molar-refractivity contribution is -0.122. The van der Waals surface area contributed by atoms with Crippen LogP contribution in [0.2, 0.25) is 5.02 Å². The molecule has 28 heavy (non-hydrogen) atoms. The summed E-state index contributed by atoms with van der Waals surface area (Å²) in [6.07, 6.45) is 3.85. The molecule has 0 radical (unpaired) electrons. The van der Waals surface area contributed by atoms with Gasteiger partial charge in [0.2, 0.25) is 15.9 Å². The summed E-state index contributed by atoms with van der Waals surface area (Å²) in [4.78, 5) is 12.5. The largest absolute Gasteiger partial charge is 0.352 e. The minimum Gasteiger partial charge on any atom is -0.352 e. The molecule has 1 amide bonds. The van der Waals surface area contributed by atoms with Gasteiger partial charge in [-0.15, -0.1) is 0 Å². The molecule has 0 bridgehead atoms. The number of carbonyl (C=O) groups is 1. The second-order valence-electron chi connectivity index (χ2n) is 7.24. The van der Waals surface area contributed by atoms with Gasteiger partial charge < -0.3 is 5.32 Å². The minimum atomic E-state index is -3.72. The number of hydrogen-bond acceptors (Lipinski definition) is 3. The molecule has 1 fully saturated rings. The number of nitrogens with zero attached hydrogens (tertiary/aromatic N) is 1. The lowest BCUT2D eigenvalue weighted by atomic mass is 9.82. The molecule has 0 unspecified atom stereocenters. The summed E-state index contributed by atoms with van der Waals surface area (Å²) in [7, 11) is -2.31. The molecular weight excluding hydrogens is 396 g/mol. The monoisotopic (exact) mass is 420 g/mol. The van der Waals surface area contributed by atoms with E-state index in [4.69, 9.17) is 11.6 Å². The summed E-state index contributed by atoms with van der Waals surface area (Å²) in [5.74, 6) is 0.255. The molecule has 5 nitrogen and oxygen atoms in total. The number of rotatable bonds is 6. The Hall–Kier alpha value is -1.89. The molecule has 2 aromatic carbocycles. The van der Waals surface area contributed by atoms with Gasteiger partial charge in [-0.3, -0.25) is 4.79 Å². The zero-order valence-electron chi connectivity index (χ0n) is 15.8. The molecule has 0 heterocycles. The molecule has 0 saturated heterocycles. The highest BCUT2D eigenvalue weighted by Crippen LogP contribution is 2.32. The lowest BCUT2D eigenvalue weighted by Crippen LogP contribution is -2.43. The fraction of sp³-hybridized carbons (Fsp3) is 0.381. The second kappa shape index (κ2) is 9.07. The van der Waals surface area contributed by atoms with Crippen LogP contribution in [0.15, 0.2) is 59.5 Å². The van der Waals surface area contributed by atoms with Crippen molar-refractivity contribution in [3.8, 4) is 0 Å². The van der Waals surface area contributed by atoms with E-state index in [1.807, 2.05) is 6.07 Å². The molecule has 0 spiro atoms. The maximum absolute atomic E-state index is 12.6. The minimum absolute atomic E-state index is 0.0964. The van der Waals surface area contributed by atoms with Crippen molar-refractivity contribution in [3.63, 3.8) is 0 Å². The van der Waals surface area contributed by atoms with Gasteiger partial charge in [0.1, 0.15) is 0 Å². The van der Waals surface area contributed by atoms with Crippen LogP contribution in [-0.4, -0.2) is 38.3 Å². The van der Waals surface area contributed by atoms with Crippen molar-refractivity contribution in [3.05, 3.63) is 65.2 Å². The Bertz CT molecular complexity index is 893. The Morgan fingerprint density at radius 3 is 2.25 bits per heavy atom. The quantitative estimate of drug-likeness (QED) is 0.772. The zero-order valence-corrected chi connectivity index (χ0v) is 17.4. The van der Waals surface area contributed by atoms with Crippen molar-refractivity contribution >= 4 is 27.5 Å². The van der Waals surface area contributed by atoms with Crippen LogP contribution in [0.4, 0.5) is 0 Å². The van der Waals surface area contributed by atoms with Gasteiger partial charge in [0.25, 0.3) is 0 Å². The maximum Gasteiger partial charge on any atom is 0.243 e. The predicted molar refractivity (Wildman–Crippen MR) is 111 cm³/mol. The van der Waals surface area contributed by atoms with E-state index >= 15 is 0 Å². The van der Waals surface area contributed by atoms with Gasteiger partial charge in [0.05, 0.1) is 11.4 Å². The van der Waals surface area contributed by atoms with E-state index < -0.39 is 10.0 Å². The normalized spacial score (nSPS) is 20.1. The first-order chi connectivity index (χ1) is 13.4. The summed E-state index contributed by atoms with van der Waals surface area (Å²) in [6.45, 7) is -0.205. The zero-order chi connectivity index (χ0) is 20.1. The lowest BCUT2D eigenvalue weighted by Gasteiger charge is -2.30. The highest BCUT2D eigenvalue weighted by molar-refractivity contribution is 7.89. The Balaban J connectivity index is 1.51. The summed E-state index contributed by atoms with van der Waals surface area (Å²) in [5, 5.41) is 3.45. The Kier molecular flexibility index (Phi) is 6.75. The van der Waals surface area contributed by atoms with E-state index in [2.05, 4.69) is 29.6 Å². The molecule has 1 N–H and O–H groups in total. The molecule has 1 aliphatic carbocycles. The second-order valence-corrected chi connectivity index (χ2v) is 9.72. The molecular formula is C21H25ClN2O3S. The molecule has 1 aliphatic rings. The average Bonchev–Trinajstić information content (AvgIpc) is 2.69. The van der Waals surface area contributed by atoms with Gasteiger partial charge in [-0.25, -0.2) is 8.42 Å². The summed E-state index contributed by atoms with van der Waals surface area (Å²) < 4.78 is 26.2. The van der Waals surface area contributed by atoms with Crippen LogP contribution < -0.4 is 5.32 Å². The highest BCUT2D eigenvalue weighted by Gasteiger charge is 2.26. The third-order valence-electron chi connectivity index (χ3n) is 5.25. The third-order valence-corrected chi connectivity index (χ3v) is 7.32. The van der Waals surface area contributed by atoms with E-state index in [1.165, 1.54) is 36.9 Å². The van der Waals surface area contributed by atoms with E-state index in [-0.39, 0.29) is 23.4 Å². The number of hydrogen-bond donors (Lipinski definition) is 1. The first kappa shape index (κ1) is 20.8. The van der Waals surface area contributed by atoms with Gasteiger partial charge in [0, 0.05) is 18.1 Å². The van der Waals surface area contributed by atoms with Crippen molar-refractivity contribution in [2.75, 3.05) is 13.6 Å². The van der Waals surface area contributed by atoms with Crippen LogP contribution in [0.3, 0.4) is 0 Å². The number of halogens is 1. The van der Waals surface area contributed by atoms with Gasteiger partial charge in [0.15, 0.2) is 0 Å². The van der Waals surface area contributed by atoms with Crippen LogP contribution in [0.25, 0.3) is 0 Å². The fourth-order valence-corrected chi connectivity index (χ4v) is 4.90. The Labute approximate surface area is 171 Å². The SMILES string of the molecule is CN(CC(=O)NC1CCC(c2ccccc2)CC1)S(=O)(=O)c1ccc(Cl)cc1. The smallest absolute Gasteiger partial charge is 0.243 e. The van der Waals surface area contributed by atoms with Gasteiger partial charge in [-0.05, 0) is 61.4 Å². The van der Waals surface area contributed by atoms with Crippen LogP contribution in [0, 0.1) is 0 Å². The van der Waals surface area contributed by atoms with E-state index in [0.717, 1.165) is 30.0 Å². The van der Waals surface area contributed by atoms with Crippen LogP contribution in [-0.2, 0) is 14.8 Å². The van der Waals surface area contributed by atoms with E-state index in [1.54, 1.807) is 0 Å². The summed E-state index contributed by atoms with van der Waals surface area (Å²) >= 11 is 5.81. The van der Waals surface area contributed by atoms with E-state index in [0.29, 0.717) is 10.9 Å². The van der Waals surface area contributed by atoms with Crippen LogP contribution in [0.1, 0.15) is 37.2 Å². The van der Waals surface area contributed by atoms with Crippen molar-refractivity contribution < 1.29 is 13.2 Å². The standard InChI is InChI=1S/C21H25ClN2O3S/c1-24(28(26,27)20-13-9-18(22)10-14-20)15-21(25)23-19-11-7-17(8-12-19)16-5-3-2-4-6-16/h2-6,9-10,13-14,17,19H,7-8,11-12,15H2,1H3,(H,23,25).